The van der Waals surface area contributed by atoms with Gasteiger partial charge in [0.2, 0.25) is 5.91 Å². The summed E-state index contributed by atoms with van der Waals surface area (Å²) in [6.07, 6.45) is 0. The summed E-state index contributed by atoms with van der Waals surface area (Å²) in [6.45, 7) is 6.52. The van der Waals surface area contributed by atoms with Gasteiger partial charge in [0.05, 0.1) is 11.6 Å². The van der Waals surface area contributed by atoms with E-state index in [4.69, 9.17) is 0 Å². The highest BCUT2D eigenvalue weighted by Gasteiger charge is 2.22. The molecule has 0 unspecified atom stereocenters. The highest BCUT2D eigenvalue weighted by atomic mass is 16.3. The highest BCUT2D eigenvalue weighted by Crippen LogP contribution is 2.06. The second-order valence-corrected chi connectivity index (χ2v) is 3.08. The van der Waals surface area contributed by atoms with Gasteiger partial charge < -0.3 is 10.4 Å². The van der Waals surface area contributed by atoms with Crippen molar-refractivity contribution < 1.29 is 9.90 Å². The lowest BCUT2D eigenvalue weighted by molar-refractivity contribution is -0.121. The third-order valence-electron chi connectivity index (χ3n) is 1.48. The Morgan fingerprint density at radius 2 is 2.00 bits per heavy atom. The maximum Gasteiger partial charge on any atom is 0.217 e. The van der Waals surface area contributed by atoms with Gasteiger partial charge in [0.15, 0.2) is 0 Å². The molecular formula is C7H15NO2. The maximum atomic E-state index is 10.5. The summed E-state index contributed by atoms with van der Waals surface area (Å²) in [4.78, 5) is 10.5. The Labute approximate surface area is 61.4 Å². The number of carbonyl (C=O) groups is 1. The zero-order valence-electron chi connectivity index (χ0n) is 6.93. The summed E-state index contributed by atoms with van der Waals surface area (Å²) in [5, 5.41) is 11.9. The van der Waals surface area contributed by atoms with Crippen LogP contribution in [0.2, 0.25) is 0 Å². The van der Waals surface area contributed by atoms with Crippen LogP contribution in [-0.2, 0) is 4.79 Å². The smallest absolute Gasteiger partial charge is 0.217 e. The normalized spacial score (nSPS) is 14.5. The topological polar surface area (TPSA) is 49.3 Å². The molecule has 1 atom stereocenters. The van der Waals surface area contributed by atoms with Crippen LogP contribution in [0.25, 0.3) is 0 Å². The minimum Gasteiger partial charge on any atom is -0.388 e. The van der Waals surface area contributed by atoms with E-state index in [1.165, 1.54) is 6.92 Å². The largest absolute Gasteiger partial charge is 0.388 e. The van der Waals surface area contributed by atoms with Crippen LogP contribution >= 0.6 is 0 Å². The number of hydrogen-bond donors (Lipinski definition) is 2. The minimum absolute atomic E-state index is 0.116. The molecule has 0 aromatic heterocycles. The summed E-state index contributed by atoms with van der Waals surface area (Å²) < 4.78 is 0. The average Bonchev–Trinajstić information content (AvgIpc) is 1.60. The molecule has 1 amide bonds. The van der Waals surface area contributed by atoms with Gasteiger partial charge >= 0.3 is 0 Å². The van der Waals surface area contributed by atoms with Crippen molar-refractivity contribution in [1.82, 2.24) is 5.32 Å². The van der Waals surface area contributed by atoms with Gasteiger partial charge in [-0.3, -0.25) is 4.79 Å². The maximum absolute atomic E-state index is 10.5. The van der Waals surface area contributed by atoms with Crippen LogP contribution < -0.4 is 5.32 Å². The molecule has 0 saturated heterocycles. The van der Waals surface area contributed by atoms with Crippen molar-refractivity contribution >= 4 is 5.91 Å². The van der Waals surface area contributed by atoms with Crippen molar-refractivity contribution in [3.63, 3.8) is 0 Å². The lowest BCUT2D eigenvalue weighted by atomic mass is 10.0. The molecule has 0 aromatic carbocycles. The zero-order valence-corrected chi connectivity index (χ0v) is 6.93. The van der Waals surface area contributed by atoms with E-state index in [9.17, 15) is 9.90 Å². The van der Waals surface area contributed by atoms with Gasteiger partial charge in [-0.1, -0.05) is 0 Å². The summed E-state index contributed by atoms with van der Waals surface area (Å²) >= 11 is 0. The molecule has 60 valence electrons. The van der Waals surface area contributed by atoms with E-state index >= 15 is 0 Å². The third-order valence-corrected chi connectivity index (χ3v) is 1.48. The number of nitrogens with one attached hydrogen (secondary N) is 1. The predicted molar refractivity (Wildman–Crippen MR) is 39.6 cm³/mol. The highest BCUT2D eigenvalue weighted by molar-refractivity contribution is 5.73. The summed E-state index contributed by atoms with van der Waals surface area (Å²) in [5.74, 6) is -0.116. The number of aliphatic hydroxyl groups is 1. The molecule has 10 heavy (non-hydrogen) atoms. The Morgan fingerprint density at radius 3 is 2.10 bits per heavy atom. The van der Waals surface area contributed by atoms with Gasteiger partial charge in [0, 0.05) is 6.92 Å². The van der Waals surface area contributed by atoms with E-state index in [0.29, 0.717) is 0 Å². The predicted octanol–water partition coefficient (Wildman–Crippen LogP) is 0.282. The monoisotopic (exact) mass is 145 g/mol. The Morgan fingerprint density at radius 1 is 1.60 bits per heavy atom. The molecule has 0 aromatic rings. The molecule has 0 fully saturated rings. The van der Waals surface area contributed by atoms with Crippen LogP contribution in [0.3, 0.4) is 0 Å². The molecule has 0 radical (unpaired) electrons. The summed E-state index contributed by atoms with van der Waals surface area (Å²) in [5.41, 5.74) is -0.842. The zero-order chi connectivity index (χ0) is 8.36. The summed E-state index contributed by atoms with van der Waals surface area (Å²) in [6, 6.07) is -0.204. The van der Waals surface area contributed by atoms with Crippen molar-refractivity contribution in [2.45, 2.75) is 39.3 Å². The van der Waals surface area contributed by atoms with E-state index in [-0.39, 0.29) is 11.9 Å². The van der Waals surface area contributed by atoms with Crippen LogP contribution in [0.1, 0.15) is 27.7 Å². The fourth-order valence-electron chi connectivity index (χ4n) is 0.482. The second-order valence-electron chi connectivity index (χ2n) is 3.08. The van der Waals surface area contributed by atoms with Crippen molar-refractivity contribution in [1.29, 1.82) is 0 Å². The number of carbonyl (C=O) groups excluding carboxylic acids is 1. The Kier molecular flexibility index (Phi) is 2.84. The van der Waals surface area contributed by atoms with Crippen LogP contribution in [0.5, 0.6) is 0 Å². The standard InChI is InChI=1S/C7H15NO2/c1-5(7(3,4)10)8-6(2)9/h5,10H,1-4H3,(H,8,9)/t5-/m0/s1. The molecule has 0 aliphatic rings. The first-order valence-corrected chi connectivity index (χ1v) is 3.33. The fraction of sp³-hybridized carbons (Fsp3) is 0.857. The van der Waals surface area contributed by atoms with E-state index in [1.54, 1.807) is 20.8 Å². The van der Waals surface area contributed by atoms with Crippen LogP contribution in [0.4, 0.5) is 0 Å². The van der Waals surface area contributed by atoms with Crippen LogP contribution in [-0.4, -0.2) is 22.7 Å². The van der Waals surface area contributed by atoms with E-state index < -0.39 is 5.60 Å². The summed E-state index contributed by atoms with van der Waals surface area (Å²) in [7, 11) is 0. The van der Waals surface area contributed by atoms with E-state index in [0.717, 1.165) is 0 Å². The molecule has 0 bridgehead atoms. The second kappa shape index (κ2) is 3.01. The molecule has 0 heterocycles. The minimum atomic E-state index is -0.842. The molecule has 0 rings (SSSR count). The van der Waals surface area contributed by atoms with Gasteiger partial charge in [-0.25, -0.2) is 0 Å². The van der Waals surface area contributed by atoms with Crippen LogP contribution in [0, 0.1) is 0 Å². The number of hydrogen-bond acceptors (Lipinski definition) is 2. The number of amides is 1. The van der Waals surface area contributed by atoms with Crippen LogP contribution in [0.15, 0.2) is 0 Å². The molecule has 0 aliphatic carbocycles. The van der Waals surface area contributed by atoms with Gasteiger partial charge in [-0.2, -0.15) is 0 Å². The van der Waals surface area contributed by atoms with Gasteiger partial charge in [0.25, 0.3) is 0 Å². The third kappa shape index (κ3) is 3.45. The Bertz CT molecular complexity index is 126. The quantitative estimate of drug-likeness (QED) is 0.586. The molecule has 3 heteroatoms. The fourth-order valence-corrected chi connectivity index (χ4v) is 0.482. The lowest BCUT2D eigenvalue weighted by Crippen LogP contribution is -2.46. The Balaban J connectivity index is 3.85. The first-order valence-electron chi connectivity index (χ1n) is 3.33. The van der Waals surface area contributed by atoms with Crippen molar-refractivity contribution in [3.05, 3.63) is 0 Å². The first kappa shape index (κ1) is 9.43. The van der Waals surface area contributed by atoms with Crippen molar-refractivity contribution in [2.75, 3.05) is 0 Å². The molecule has 2 N–H and O–H groups in total. The molecule has 3 nitrogen and oxygen atoms in total. The van der Waals surface area contributed by atoms with Crippen molar-refractivity contribution in [3.8, 4) is 0 Å². The SMILES string of the molecule is CC(=O)N[C@@H](C)C(C)(C)O. The molecular weight excluding hydrogens is 130 g/mol. The molecule has 0 spiro atoms. The number of rotatable bonds is 2. The van der Waals surface area contributed by atoms with E-state index in [1.807, 2.05) is 0 Å². The van der Waals surface area contributed by atoms with E-state index in [2.05, 4.69) is 5.32 Å². The first-order chi connectivity index (χ1) is 4.34. The van der Waals surface area contributed by atoms with Crippen molar-refractivity contribution in [2.24, 2.45) is 0 Å². The lowest BCUT2D eigenvalue weighted by Gasteiger charge is -2.25. The van der Waals surface area contributed by atoms with Gasteiger partial charge in [-0.15, -0.1) is 0 Å². The molecule has 0 aliphatic heterocycles. The Hall–Kier alpha value is -0.570. The van der Waals surface area contributed by atoms with Gasteiger partial charge in [-0.05, 0) is 20.8 Å². The average molecular weight is 145 g/mol. The van der Waals surface area contributed by atoms with Gasteiger partial charge in [0.1, 0.15) is 0 Å². The molecule has 0 saturated carbocycles.